The number of carbonyl (C=O) groups is 1. The van der Waals surface area contributed by atoms with Crippen LogP contribution in [0.25, 0.3) is 11.1 Å². The van der Waals surface area contributed by atoms with Crippen molar-refractivity contribution in [2.45, 2.75) is 59.5 Å². The minimum Gasteiger partial charge on any atom is -0.508 e. The summed E-state index contributed by atoms with van der Waals surface area (Å²) in [5.41, 5.74) is 8.39. The van der Waals surface area contributed by atoms with Crippen molar-refractivity contribution in [2.24, 2.45) is 0 Å². The molecule has 1 saturated heterocycles. The third-order valence-electron chi connectivity index (χ3n) is 8.41. The zero-order valence-corrected chi connectivity index (χ0v) is 24.8. The lowest BCUT2D eigenvalue weighted by atomic mass is 9.95. The maximum absolute atomic E-state index is 13.0. The van der Waals surface area contributed by atoms with Crippen molar-refractivity contribution in [3.63, 3.8) is 0 Å². The SMILES string of the molecule is CCN(CC)C(=O)c1ccc(C(c2cccc(O)c2)n2nc(C)c(-c3ccccc3CN3CCCCC3)c2C)cc1. The van der Waals surface area contributed by atoms with E-state index in [1.807, 2.05) is 55.1 Å². The lowest BCUT2D eigenvalue weighted by Crippen LogP contribution is -2.30. The van der Waals surface area contributed by atoms with E-state index in [0.717, 1.165) is 47.7 Å². The first-order valence-corrected chi connectivity index (χ1v) is 15.0. The Labute approximate surface area is 244 Å². The molecule has 0 spiro atoms. The number of phenols is 1. The molecular weight excluding hydrogens is 508 g/mol. The molecule has 5 rings (SSSR count). The molecule has 2 heterocycles. The molecule has 6 heteroatoms. The summed E-state index contributed by atoms with van der Waals surface area (Å²) in [5, 5.41) is 15.5. The standard InChI is InChI=1S/C35H42N4O2/c1-5-38(6-2)35(41)28-19-17-27(18-20-28)34(29-14-12-15-31(40)23-29)39-26(4)33(25(3)36-39)32-16-9-8-13-30(32)24-37-21-10-7-11-22-37/h8-9,12-20,23,34,40H,5-7,10-11,21-22,24H2,1-4H3. The van der Waals surface area contributed by atoms with Crippen molar-refractivity contribution in [3.05, 3.63) is 106 Å². The van der Waals surface area contributed by atoms with E-state index in [0.29, 0.717) is 18.7 Å². The molecule has 1 N–H and O–H groups in total. The van der Waals surface area contributed by atoms with E-state index >= 15 is 0 Å². The van der Waals surface area contributed by atoms with Crippen molar-refractivity contribution in [3.8, 4) is 16.9 Å². The van der Waals surface area contributed by atoms with Gasteiger partial charge in [-0.05, 0) is 100 Å². The first-order chi connectivity index (χ1) is 19.9. The normalized spacial score (nSPS) is 14.6. The smallest absolute Gasteiger partial charge is 0.253 e. The summed E-state index contributed by atoms with van der Waals surface area (Å²) in [7, 11) is 0. The summed E-state index contributed by atoms with van der Waals surface area (Å²) >= 11 is 0. The quantitative estimate of drug-likeness (QED) is 0.244. The number of likely N-dealkylation sites (tertiary alicyclic amines) is 1. The minimum atomic E-state index is -0.263. The maximum atomic E-state index is 13.0. The molecule has 4 aromatic rings. The molecule has 0 aliphatic carbocycles. The van der Waals surface area contributed by atoms with Crippen molar-refractivity contribution in [1.29, 1.82) is 0 Å². The van der Waals surface area contributed by atoms with E-state index in [9.17, 15) is 9.90 Å². The van der Waals surface area contributed by atoms with E-state index < -0.39 is 0 Å². The van der Waals surface area contributed by atoms with Gasteiger partial charge in [0.15, 0.2) is 0 Å². The molecule has 1 aliphatic heterocycles. The first-order valence-electron chi connectivity index (χ1n) is 15.0. The van der Waals surface area contributed by atoms with Crippen LogP contribution in [0.2, 0.25) is 0 Å². The van der Waals surface area contributed by atoms with Gasteiger partial charge in [0.05, 0.1) is 5.69 Å². The second kappa shape index (κ2) is 12.7. The second-order valence-corrected chi connectivity index (χ2v) is 11.1. The van der Waals surface area contributed by atoms with Crippen LogP contribution in [0, 0.1) is 13.8 Å². The van der Waals surface area contributed by atoms with Crippen molar-refractivity contribution >= 4 is 5.91 Å². The molecular formula is C35H42N4O2. The molecule has 1 unspecified atom stereocenters. The Morgan fingerprint density at radius 2 is 1.61 bits per heavy atom. The second-order valence-electron chi connectivity index (χ2n) is 11.1. The van der Waals surface area contributed by atoms with Gasteiger partial charge in [-0.15, -0.1) is 0 Å². The molecule has 1 atom stereocenters. The number of aromatic hydroxyl groups is 1. The van der Waals surface area contributed by atoms with Crippen molar-refractivity contribution in [1.82, 2.24) is 19.6 Å². The van der Waals surface area contributed by atoms with Crippen LogP contribution in [0.1, 0.15) is 77.6 Å². The average Bonchev–Trinajstić information content (AvgIpc) is 3.28. The van der Waals surface area contributed by atoms with Gasteiger partial charge in [0, 0.05) is 36.5 Å². The van der Waals surface area contributed by atoms with Crippen molar-refractivity contribution in [2.75, 3.05) is 26.2 Å². The van der Waals surface area contributed by atoms with Crippen LogP contribution in [0.5, 0.6) is 5.75 Å². The number of rotatable bonds is 9. The van der Waals surface area contributed by atoms with Crippen molar-refractivity contribution < 1.29 is 9.90 Å². The number of nitrogens with zero attached hydrogens (tertiary/aromatic N) is 4. The van der Waals surface area contributed by atoms with Gasteiger partial charge in [0.25, 0.3) is 5.91 Å². The first kappa shape index (κ1) is 28.6. The van der Waals surface area contributed by atoms with Crippen LogP contribution in [0.4, 0.5) is 0 Å². The van der Waals surface area contributed by atoms with Gasteiger partial charge in [-0.2, -0.15) is 5.10 Å². The average molecular weight is 551 g/mol. The summed E-state index contributed by atoms with van der Waals surface area (Å²) in [6.45, 7) is 12.8. The molecule has 41 heavy (non-hydrogen) atoms. The monoisotopic (exact) mass is 550 g/mol. The zero-order valence-electron chi connectivity index (χ0n) is 24.8. The van der Waals surface area contributed by atoms with Gasteiger partial charge in [-0.3, -0.25) is 14.4 Å². The largest absolute Gasteiger partial charge is 0.508 e. The Bertz CT molecular complexity index is 1480. The highest BCUT2D eigenvalue weighted by Crippen LogP contribution is 2.36. The van der Waals surface area contributed by atoms with Gasteiger partial charge in [-0.1, -0.05) is 55.0 Å². The number of aryl methyl sites for hydroxylation is 1. The highest BCUT2D eigenvalue weighted by atomic mass is 16.3. The number of hydrogen-bond donors (Lipinski definition) is 1. The number of hydrogen-bond acceptors (Lipinski definition) is 4. The van der Waals surface area contributed by atoms with E-state index in [1.54, 1.807) is 12.1 Å². The summed E-state index contributed by atoms with van der Waals surface area (Å²) < 4.78 is 2.08. The zero-order chi connectivity index (χ0) is 28.9. The molecule has 1 aliphatic rings. The molecule has 1 amide bonds. The fourth-order valence-electron chi connectivity index (χ4n) is 6.24. The predicted octanol–water partition coefficient (Wildman–Crippen LogP) is 6.98. The van der Waals surface area contributed by atoms with Gasteiger partial charge in [-0.25, -0.2) is 0 Å². The Hall–Kier alpha value is -3.90. The van der Waals surface area contributed by atoms with Crippen LogP contribution in [0.15, 0.2) is 72.8 Å². The lowest BCUT2D eigenvalue weighted by Gasteiger charge is -2.27. The number of carbonyl (C=O) groups excluding carboxylic acids is 1. The van der Waals surface area contributed by atoms with E-state index in [1.165, 1.54) is 30.4 Å². The molecule has 0 saturated carbocycles. The van der Waals surface area contributed by atoms with E-state index in [4.69, 9.17) is 5.10 Å². The highest BCUT2D eigenvalue weighted by molar-refractivity contribution is 5.94. The molecule has 0 bridgehead atoms. The van der Waals surface area contributed by atoms with Gasteiger partial charge in [0.1, 0.15) is 11.8 Å². The van der Waals surface area contributed by atoms with Gasteiger partial charge >= 0.3 is 0 Å². The topological polar surface area (TPSA) is 61.6 Å². The van der Waals surface area contributed by atoms with Gasteiger partial charge in [0.2, 0.25) is 0 Å². The van der Waals surface area contributed by atoms with E-state index in [-0.39, 0.29) is 17.7 Å². The highest BCUT2D eigenvalue weighted by Gasteiger charge is 2.25. The molecule has 1 fully saturated rings. The third-order valence-corrected chi connectivity index (χ3v) is 8.41. The summed E-state index contributed by atoms with van der Waals surface area (Å²) in [5.74, 6) is 0.253. The summed E-state index contributed by atoms with van der Waals surface area (Å²) in [6, 6.07) is 23.7. The maximum Gasteiger partial charge on any atom is 0.253 e. The minimum absolute atomic E-state index is 0.0363. The Kier molecular flexibility index (Phi) is 8.89. The van der Waals surface area contributed by atoms with Gasteiger partial charge < -0.3 is 10.0 Å². The number of amides is 1. The van der Waals surface area contributed by atoms with Crippen LogP contribution in [-0.2, 0) is 6.54 Å². The Morgan fingerprint density at radius 1 is 0.902 bits per heavy atom. The number of aromatic nitrogens is 2. The van der Waals surface area contributed by atoms with Crippen LogP contribution in [0.3, 0.4) is 0 Å². The molecule has 3 aromatic carbocycles. The molecule has 6 nitrogen and oxygen atoms in total. The molecule has 1 aromatic heterocycles. The van der Waals surface area contributed by atoms with Crippen LogP contribution in [-0.4, -0.2) is 56.8 Å². The summed E-state index contributed by atoms with van der Waals surface area (Å²) in [6.07, 6.45) is 3.86. The third kappa shape index (κ3) is 6.08. The lowest BCUT2D eigenvalue weighted by molar-refractivity contribution is 0.0773. The number of piperidine rings is 1. The van der Waals surface area contributed by atoms with E-state index in [2.05, 4.69) is 47.7 Å². The molecule has 214 valence electrons. The predicted molar refractivity (Wildman–Crippen MR) is 165 cm³/mol. The Morgan fingerprint density at radius 3 is 2.29 bits per heavy atom. The molecule has 0 radical (unpaired) electrons. The number of benzene rings is 3. The fraction of sp³-hybridized carbons (Fsp3) is 0.371. The van der Waals surface area contributed by atoms with Crippen LogP contribution < -0.4 is 0 Å². The fourth-order valence-corrected chi connectivity index (χ4v) is 6.24. The summed E-state index contributed by atoms with van der Waals surface area (Å²) in [4.78, 5) is 17.4. The van der Waals surface area contributed by atoms with Crippen LogP contribution >= 0.6 is 0 Å². The Balaban J connectivity index is 1.57. The number of phenolic OH excluding ortho intramolecular Hbond substituents is 1.